The monoisotopic (exact) mass is 530 g/mol. The molecular formula is C33H30N4O3. The molecule has 1 atom stereocenters. The van der Waals surface area contributed by atoms with Crippen LogP contribution in [0.2, 0.25) is 0 Å². The Labute approximate surface area is 231 Å². The van der Waals surface area contributed by atoms with Gasteiger partial charge in [-0.3, -0.25) is 4.79 Å². The molecule has 40 heavy (non-hydrogen) atoms. The van der Waals surface area contributed by atoms with Crippen molar-refractivity contribution < 1.29 is 14.3 Å². The zero-order chi connectivity index (χ0) is 27.8. The Hall–Kier alpha value is -4.91. The van der Waals surface area contributed by atoms with E-state index in [1.807, 2.05) is 68.4 Å². The number of H-pyrrole nitrogens is 1. The van der Waals surface area contributed by atoms with Crippen LogP contribution in [0, 0.1) is 6.92 Å². The molecule has 0 aliphatic rings. The van der Waals surface area contributed by atoms with Crippen molar-refractivity contribution in [3.8, 4) is 11.4 Å². The van der Waals surface area contributed by atoms with Crippen molar-refractivity contribution in [3.63, 3.8) is 0 Å². The van der Waals surface area contributed by atoms with Crippen LogP contribution in [0.3, 0.4) is 0 Å². The Bertz CT molecular complexity index is 1880. The number of rotatable bonds is 7. The third-order valence-corrected chi connectivity index (χ3v) is 7.31. The number of hydrogen-bond donors (Lipinski definition) is 2. The number of aromatic nitrogens is 3. The molecule has 2 N–H and O–H groups in total. The lowest BCUT2D eigenvalue weighted by Gasteiger charge is -2.16. The number of fused-ring (bicyclic) bond motifs is 4. The molecule has 1 unspecified atom stereocenters. The summed E-state index contributed by atoms with van der Waals surface area (Å²) in [5, 5.41) is 5.15. The minimum Gasteiger partial charge on any atom is -0.449 e. The number of esters is 1. The summed E-state index contributed by atoms with van der Waals surface area (Å²) >= 11 is 0. The first-order chi connectivity index (χ1) is 19.4. The predicted molar refractivity (Wildman–Crippen MR) is 160 cm³/mol. The van der Waals surface area contributed by atoms with Gasteiger partial charge in [-0.25, -0.2) is 9.78 Å². The van der Waals surface area contributed by atoms with Gasteiger partial charge >= 0.3 is 5.97 Å². The molecule has 7 heteroatoms. The molecular weight excluding hydrogens is 500 g/mol. The van der Waals surface area contributed by atoms with E-state index >= 15 is 0 Å². The van der Waals surface area contributed by atoms with Crippen molar-refractivity contribution in [1.82, 2.24) is 14.5 Å². The molecule has 0 spiro atoms. The molecule has 1 amide bonds. The molecule has 200 valence electrons. The van der Waals surface area contributed by atoms with Gasteiger partial charge in [-0.05, 0) is 62.7 Å². The summed E-state index contributed by atoms with van der Waals surface area (Å²) in [6.07, 6.45) is -0.584. The molecule has 0 saturated carbocycles. The second-order valence-corrected chi connectivity index (χ2v) is 9.97. The number of benzene rings is 4. The Balaban J connectivity index is 1.19. The molecule has 2 heterocycles. The highest BCUT2D eigenvalue weighted by Gasteiger charge is 2.23. The van der Waals surface area contributed by atoms with Gasteiger partial charge in [0.2, 0.25) is 0 Å². The highest BCUT2D eigenvalue weighted by molar-refractivity contribution is 6.10. The fourth-order valence-electron chi connectivity index (χ4n) is 5.20. The number of anilines is 1. The highest BCUT2D eigenvalue weighted by Crippen LogP contribution is 2.31. The molecule has 2 aromatic heterocycles. The number of aromatic amines is 1. The number of amides is 1. The number of ether oxygens (including phenoxy) is 1. The Morgan fingerprint density at radius 2 is 1.70 bits per heavy atom. The predicted octanol–water partition coefficient (Wildman–Crippen LogP) is 7.24. The molecule has 0 bridgehead atoms. The maximum atomic E-state index is 13.2. The van der Waals surface area contributed by atoms with Crippen LogP contribution >= 0.6 is 0 Å². The number of hydrogen-bond acceptors (Lipinski definition) is 4. The van der Waals surface area contributed by atoms with E-state index < -0.39 is 12.1 Å². The summed E-state index contributed by atoms with van der Waals surface area (Å²) in [7, 11) is 0. The maximum absolute atomic E-state index is 13.2. The van der Waals surface area contributed by atoms with Crippen LogP contribution in [-0.2, 0) is 16.1 Å². The second kappa shape index (κ2) is 10.3. The van der Waals surface area contributed by atoms with Crippen molar-refractivity contribution in [3.05, 3.63) is 96.1 Å². The van der Waals surface area contributed by atoms with E-state index in [4.69, 9.17) is 4.74 Å². The zero-order valence-corrected chi connectivity index (χ0v) is 22.7. The van der Waals surface area contributed by atoms with Crippen molar-refractivity contribution in [2.24, 2.45) is 0 Å². The van der Waals surface area contributed by atoms with Gasteiger partial charge < -0.3 is 19.6 Å². The molecule has 6 rings (SSSR count). The van der Waals surface area contributed by atoms with Crippen LogP contribution < -0.4 is 5.32 Å². The standard InChI is InChI=1S/C33H30N4O3/c1-4-30(32(38)34-23-15-17-29-25(19-23)24-8-6-7-9-28(24)37(29)5-2)40-33(39)22-14-16-26-27(18-22)36-31(35-26)21-12-10-20(3)11-13-21/h6-19,30H,4-5H2,1-3H3,(H,34,38)(H,35,36). The van der Waals surface area contributed by atoms with E-state index in [0.29, 0.717) is 17.7 Å². The molecule has 0 radical (unpaired) electrons. The zero-order valence-electron chi connectivity index (χ0n) is 22.7. The minimum atomic E-state index is -0.930. The van der Waals surface area contributed by atoms with Gasteiger partial charge in [0.25, 0.3) is 5.91 Å². The van der Waals surface area contributed by atoms with Gasteiger partial charge in [-0.1, -0.05) is 55.0 Å². The number of carbonyl (C=O) groups is 2. The van der Waals surface area contributed by atoms with E-state index in [-0.39, 0.29) is 5.91 Å². The lowest BCUT2D eigenvalue weighted by molar-refractivity contribution is -0.124. The van der Waals surface area contributed by atoms with Crippen molar-refractivity contribution in [2.45, 2.75) is 39.8 Å². The van der Waals surface area contributed by atoms with E-state index in [2.05, 4.69) is 38.9 Å². The molecule has 4 aromatic carbocycles. The fourth-order valence-corrected chi connectivity index (χ4v) is 5.20. The minimum absolute atomic E-state index is 0.346. The number of aryl methyl sites for hydroxylation is 2. The quantitative estimate of drug-likeness (QED) is 0.213. The summed E-state index contributed by atoms with van der Waals surface area (Å²) in [6, 6.07) is 27.4. The molecule has 7 nitrogen and oxygen atoms in total. The van der Waals surface area contributed by atoms with Crippen LogP contribution in [-0.4, -0.2) is 32.5 Å². The Kier molecular flexibility index (Phi) is 6.56. The van der Waals surface area contributed by atoms with Gasteiger partial charge in [0.1, 0.15) is 5.82 Å². The van der Waals surface area contributed by atoms with Crippen molar-refractivity contribution >= 4 is 50.4 Å². The van der Waals surface area contributed by atoms with Gasteiger partial charge in [-0.15, -0.1) is 0 Å². The molecule has 0 aliphatic heterocycles. The summed E-state index contributed by atoms with van der Waals surface area (Å²) in [6.45, 7) is 6.83. The van der Waals surface area contributed by atoms with Crippen LogP contribution in [0.1, 0.15) is 36.2 Å². The van der Waals surface area contributed by atoms with E-state index in [1.165, 1.54) is 5.56 Å². The molecule has 0 aliphatic carbocycles. The van der Waals surface area contributed by atoms with E-state index in [0.717, 1.165) is 50.8 Å². The third-order valence-electron chi connectivity index (χ3n) is 7.31. The van der Waals surface area contributed by atoms with Crippen molar-refractivity contribution in [1.29, 1.82) is 0 Å². The van der Waals surface area contributed by atoms with Gasteiger partial charge in [-0.2, -0.15) is 0 Å². The van der Waals surface area contributed by atoms with Gasteiger partial charge in [0.05, 0.1) is 16.6 Å². The largest absolute Gasteiger partial charge is 0.449 e. The average molecular weight is 531 g/mol. The Morgan fingerprint density at radius 1 is 0.925 bits per heavy atom. The molecule has 6 aromatic rings. The average Bonchev–Trinajstić information content (AvgIpc) is 3.54. The lowest BCUT2D eigenvalue weighted by Crippen LogP contribution is -2.32. The lowest BCUT2D eigenvalue weighted by atomic mass is 10.1. The van der Waals surface area contributed by atoms with Gasteiger partial charge in [0, 0.05) is 39.6 Å². The number of imidazole rings is 1. The topological polar surface area (TPSA) is 89.0 Å². The number of nitrogens with zero attached hydrogens (tertiary/aromatic N) is 2. The first-order valence-corrected chi connectivity index (χ1v) is 13.5. The summed E-state index contributed by atoms with van der Waals surface area (Å²) in [5.74, 6) is -0.194. The van der Waals surface area contributed by atoms with Crippen LogP contribution in [0.25, 0.3) is 44.2 Å². The smallest absolute Gasteiger partial charge is 0.338 e. The van der Waals surface area contributed by atoms with Crippen LogP contribution in [0.4, 0.5) is 5.69 Å². The van der Waals surface area contributed by atoms with E-state index in [9.17, 15) is 9.59 Å². The summed E-state index contributed by atoms with van der Waals surface area (Å²) in [4.78, 5) is 34.1. The molecule has 0 saturated heterocycles. The number of carbonyl (C=O) groups excluding carboxylic acids is 2. The fraction of sp³-hybridized carbons (Fsp3) is 0.182. The first-order valence-electron chi connectivity index (χ1n) is 13.5. The van der Waals surface area contributed by atoms with Crippen LogP contribution in [0.5, 0.6) is 0 Å². The highest BCUT2D eigenvalue weighted by atomic mass is 16.5. The normalized spacial score (nSPS) is 12.2. The number of para-hydroxylation sites is 1. The van der Waals surface area contributed by atoms with Crippen LogP contribution in [0.15, 0.2) is 84.9 Å². The van der Waals surface area contributed by atoms with Crippen molar-refractivity contribution in [2.75, 3.05) is 5.32 Å². The maximum Gasteiger partial charge on any atom is 0.338 e. The second-order valence-electron chi connectivity index (χ2n) is 9.97. The van der Waals surface area contributed by atoms with Gasteiger partial charge in [0.15, 0.2) is 6.10 Å². The summed E-state index contributed by atoms with van der Waals surface area (Å²) in [5.41, 5.74) is 6.89. The SMILES string of the molecule is CCC(OC(=O)c1ccc2nc(-c3ccc(C)cc3)[nH]c2c1)C(=O)Nc1ccc2c(c1)c1ccccc1n2CC. The molecule has 0 fully saturated rings. The first kappa shape index (κ1) is 25.4. The third kappa shape index (κ3) is 4.60. The number of nitrogens with one attached hydrogen (secondary N) is 2. The van der Waals surface area contributed by atoms with E-state index in [1.54, 1.807) is 18.2 Å². The Morgan fingerprint density at radius 3 is 2.48 bits per heavy atom. The summed E-state index contributed by atoms with van der Waals surface area (Å²) < 4.78 is 7.92.